The molecule has 1 N–H and O–H groups in total. The summed E-state index contributed by atoms with van der Waals surface area (Å²) in [6, 6.07) is 10.7. The molecule has 6 rings (SSSR count). The predicted molar refractivity (Wildman–Crippen MR) is 139 cm³/mol. The number of hydrogen-bond donors (Lipinski definition) is 1. The number of aromatic nitrogens is 1. The Morgan fingerprint density at radius 2 is 1.82 bits per heavy atom. The van der Waals surface area contributed by atoms with E-state index in [2.05, 4.69) is 14.1 Å². The van der Waals surface area contributed by atoms with Gasteiger partial charge in [-0.2, -0.15) is 21.6 Å². The number of H-pyrrole nitrogens is 1. The number of fused-ring (bicyclic) bond motifs is 4. The second-order valence-corrected chi connectivity index (χ2v) is 12.7. The largest absolute Gasteiger partial charge is 0.534 e. The molecule has 40 heavy (non-hydrogen) atoms. The molecule has 2 aliphatic heterocycles. The van der Waals surface area contributed by atoms with Crippen molar-refractivity contribution in [1.82, 2.24) is 14.8 Å². The first-order chi connectivity index (χ1) is 19.0. The van der Waals surface area contributed by atoms with E-state index in [1.807, 2.05) is 4.90 Å². The number of benzene rings is 2. The number of halogens is 4. The lowest BCUT2D eigenvalue weighted by molar-refractivity contribution is -0.140. The van der Waals surface area contributed by atoms with Crippen molar-refractivity contribution in [3.05, 3.63) is 65.1 Å². The van der Waals surface area contributed by atoms with Crippen molar-refractivity contribution in [3.8, 4) is 5.75 Å². The van der Waals surface area contributed by atoms with Crippen molar-refractivity contribution in [1.29, 1.82) is 0 Å². The minimum absolute atomic E-state index is 0.105. The van der Waals surface area contributed by atoms with Crippen molar-refractivity contribution >= 4 is 26.9 Å². The smallest absolute Gasteiger partial charge is 0.376 e. The fourth-order valence-corrected chi connectivity index (χ4v) is 6.88. The van der Waals surface area contributed by atoms with Crippen LogP contribution in [0.3, 0.4) is 0 Å². The van der Waals surface area contributed by atoms with Gasteiger partial charge < -0.3 is 14.1 Å². The molecule has 2 aromatic carbocycles. The molecule has 1 saturated heterocycles. The number of amides is 1. The fourth-order valence-electron chi connectivity index (χ4n) is 6.43. The summed E-state index contributed by atoms with van der Waals surface area (Å²) in [6.07, 6.45) is 4.30. The molecule has 1 amide bonds. The Balaban J connectivity index is 1.35. The maximum atomic E-state index is 14.5. The molecule has 0 bridgehead atoms. The summed E-state index contributed by atoms with van der Waals surface area (Å²) in [6.45, 7) is 2.60. The van der Waals surface area contributed by atoms with Crippen LogP contribution in [0.5, 0.6) is 5.75 Å². The molecule has 12 heteroatoms. The second kappa shape index (κ2) is 9.76. The van der Waals surface area contributed by atoms with Crippen LogP contribution in [0, 0.1) is 11.7 Å². The van der Waals surface area contributed by atoms with E-state index in [1.165, 1.54) is 18.2 Å². The summed E-state index contributed by atoms with van der Waals surface area (Å²) in [4.78, 5) is 20.3. The molecule has 1 aliphatic carbocycles. The summed E-state index contributed by atoms with van der Waals surface area (Å²) in [5.41, 5.74) is -3.05. The molecule has 214 valence electrons. The quantitative estimate of drug-likeness (QED) is 0.255. The Bertz CT molecular complexity index is 1560. The van der Waals surface area contributed by atoms with Gasteiger partial charge >= 0.3 is 15.6 Å². The van der Waals surface area contributed by atoms with Gasteiger partial charge in [-0.15, -0.1) is 0 Å². The van der Waals surface area contributed by atoms with Gasteiger partial charge in [-0.25, -0.2) is 4.39 Å². The number of aromatic amines is 1. The highest BCUT2D eigenvalue weighted by atomic mass is 32.2. The minimum Gasteiger partial charge on any atom is -0.376 e. The van der Waals surface area contributed by atoms with E-state index in [-0.39, 0.29) is 23.1 Å². The van der Waals surface area contributed by atoms with E-state index in [9.17, 15) is 30.8 Å². The van der Waals surface area contributed by atoms with Crippen molar-refractivity contribution in [3.63, 3.8) is 0 Å². The lowest BCUT2D eigenvalue weighted by Gasteiger charge is -2.48. The number of carbonyl (C=O) groups is 1. The van der Waals surface area contributed by atoms with Gasteiger partial charge in [0.25, 0.3) is 0 Å². The maximum Gasteiger partial charge on any atom is 0.534 e. The number of likely N-dealkylation sites (tertiary alicyclic amines) is 1. The SMILES string of the molecule is O=C(C1CCC1)N1CCC2(CC1)CN(Cc1ccccc1F)Cc1[nH]c3cc(OS(=O)(=O)C(F)(F)F)ccc3c12. The number of nitrogens with one attached hydrogen (secondary N) is 1. The van der Waals surface area contributed by atoms with Crippen molar-refractivity contribution < 1.29 is 35.0 Å². The Morgan fingerprint density at radius 3 is 2.48 bits per heavy atom. The highest BCUT2D eigenvalue weighted by Crippen LogP contribution is 2.47. The van der Waals surface area contributed by atoms with E-state index in [4.69, 9.17) is 0 Å². The van der Waals surface area contributed by atoms with Crippen LogP contribution in [0.2, 0.25) is 0 Å². The molecule has 0 radical (unpaired) electrons. The number of carbonyl (C=O) groups excluding carboxylic acids is 1. The molecule has 7 nitrogen and oxygen atoms in total. The third kappa shape index (κ3) is 4.74. The van der Waals surface area contributed by atoms with Crippen LogP contribution < -0.4 is 4.18 Å². The van der Waals surface area contributed by atoms with Crippen molar-refractivity contribution in [2.45, 2.75) is 56.1 Å². The molecule has 0 atom stereocenters. The fraction of sp³-hybridized carbons (Fsp3) is 0.464. The third-order valence-corrected chi connectivity index (χ3v) is 9.59. The number of alkyl halides is 3. The van der Waals surface area contributed by atoms with E-state index in [0.717, 1.165) is 35.9 Å². The van der Waals surface area contributed by atoms with Gasteiger partial charge in [-0.1, -0.05) is 24.6 Å². The van der Waals surface area contributed by atoms with Gasteiger partial charge in [0, 0.05) is 72.3 Å². The molecule has 0 unspecified atom stereocenters. The lowest BCUT2D eigenvalue weighted by Crippen LogP contribution is -2.53. The molecule has 1 saturated carbocycles. The monoisotopic (exact) mass is 579 g/mol. The number of piperidine rings is 1. The molecular formula is C28H29F4N3O4S. The van der Waals surface area contributed by atoms with E-state index >= 15 is 0 Å². The summed E-state index contributed by atoms with van der Waals surface area (Å²) in [7, 11) is -5.81. The zero-order valence-electron chi connectivity index (χ0n) is 21.6. The lowest BCUT2D eigenvalue weighted by atomic mass is 9.69. The highest BCUT2D eigenvalue weighted by molar-refractivity contribution is 7.88. The van der Waals surface area contributed by atoms with Crippen LogP contribution in [-0.2, 0) is 33.4 Å². The summed E-state index contributed by atoms with van der Waals surface area (Å²) >= 11 is 0. The van der Waals surface area contributed by atoms with Crippen LogP contribution in [0.25, 0.3) is 10.9 Å². The average molecular weight is 580 g/mol. The van der Waals surface area contributed by atoms with Crippen molar-refractivity contribution in [2.24, 2.45) is 5.92 Å². The summed E-state index contributed by atoms with van der Waals surface area (Å²) < 4.78 is 80.7. The van der Waals surface area contributed by atoms with Gasteiger partial charge in [0.1, 0.15) is 11.6 Å². The van der Waals surface area contributed by atoms with Gasteiger partial charge in [0.05, 0.1) is 0 Å². The van der Waals surface area contributed by atoms with Crippen LogP contribution in [0.1, 0.15) is 48.9 Å². The van der Waals surface area contributed by atoms with Crippen LogP contribution in [-0.4, -0.2) is 54.3 Å². The molecule has 3 aromatic rings. The molecule has 3 aliphatic rings. The standard InChI is InChI=1S/C28H29F4N3O4S/c29-22-7-2-1-4-19(22)15-34-16-24-25(27(17-34)10-12-35(13-11-27)26(36)18-5-3-6-18)21-9-8-20(14-23(21)33-24)39-40(37,38)28(30,31)32/h1-2,4,7-9,14,18,33H,3,5-6,10-13,15-17H2. The first-order valence-electron chi connectivity index (χ1n) is 13.4. The van der Waals surface area contributed by atoms with Gasteiger partial charge in [-0.3, -0.25) is 9.69 Å². The maximum absolute atomic E-state index is 14.5. The first kappa shape index (κ1) is 27.1. The number of nitrogens with zero attached hydrogens (tertiary/aromatic N) is 2. The van der Waals surface area contributed by atoms with Crippen LogP contribution >= 0.6 is 0 Å². The Labute approximate surface area is 229 Å². The Morgan fingerprint density at radius 1 is 1.10 bits per heavy atom. The zero-order valence-corrected chi connectivity index (χ0v) is 22.5. The Hall–Kier alpha value is -3.12. The zero-order chi connectivity index (χ0) is 28.3. The molecule has 1 aromatic heterocycles. The van der Waals surface area contributed by atoms with Gasteiger partial charge in [0.2, 0.25) is 5.91 Å². The molecule has 3 heterocycles. The van der Waals surface area contributed by atoms with Gasteiger partial charge in [-0.05, 0) is 49.4 Å². The molecule has 1 spiro atoms. The second-order valence-electron chi connectivity index (χ2n) is 11.1. The molecular weight excluding hydrogens is 550 g/mol. The first-order valence-corrected chi connectivity index (χ1v) is 14.8. The van der Waals surface area contributed by atoms with Gasteiger partial charge in [0.15, 0.2) is 0 Å². The van der Waals surface area contributed by atoms with E-state index in [1.54, 1.807) is 24.3 Å². The highest BCUT2D eigenvalue weighted by Gasteiger charge is 2.49. The van der Waals surface area contributed by atoms with E-state index in [0.29, 0.717) is 56.6 Å². The van der Waals surface area contributed by atoms with E-state index < -0.39 is 21.4 Å². The predicted octanol–water partition coefficient (Wildman–Crippen LogP) is 5.21. The average Bonchev–Trinajstić information content (AvgIpc) is 3.22. The third-order valence-electron chi connectivity index (χ3n) is 8.61. The summed E-state index contributed by atoms with van der Waals surface area (Å²) in [5, 5.41) is 0.774. The van der Waals surface area contributed by atoms with Crippen molar-refractivity contribution in [2.75, 3.05) is 19.6 Å². The van der Waals surface area contributed by atoms with Crippen LogP contribution in [0.15, 0.2) is 42.5 Å². The minimum atomic E-state index is -5.81. The number of hydrogen-bond acceptors (Lipinski definition) is 5. The molecule has 2 fully saturated rings. The Kier molecular flexibility index (Phi) is 6.60. The number of rotatable bonds is 5. The topological polar surface area (TPSA) is 82.7 Å². The summed E-state index contributed by atoms with van der Waals surface area (Å²) in [5.74, 6) is -0.436. The normalized spacial score (nSPS) is 19.9. The van der Waals surface area contributed by atoms with Crippen LogP contribution in [0.4, 0.5) is 17.6 Å².